The Kier molecular flexibility index (Phi) is 3.13. The summed E-state index contributed by atoms with van der Waals surface area (Å²) >= 11 is 3.50. The molecule has 0 spiro atoms. The molecule has 1 heterocycles. The molecule has 1 fully saturated rings. The van der Waals surface area contributed by atoms with Crippen LogP contribution in [-0.2, 0) is 6.54 Å². The molecule has 1 N–H and O–H groups in total. The van der Waals surface area contributed by atoms with Crippen molar-refractivity contribution >= 4 is 15.9 Å². The van der Waals surface area contributed by atoms with Gasteiger partial charge >= 0.3 is 0 Å². The molecule has 0 amide bonds. The molecule has 0 aliphatic heterocycles. The average molecular weight is 308 g/mol. The summed E-state index contributed by atoms with van der Waals surface area (Å²) in [5.41, 5.74) is 2.16. The third-order valence-corrected chi connectivity index (χ3v) is 3.39. The minimum absolute atomic E-state index is 0.652. The van der Waals surface area contributed by atoms with Gasteiger partial charge in [-0.15, -0.1) is 5.10 Å². The lowest BCUT2D eigenvalue weighted by molar-refractivity contribution is 0.637. The number of rotatable bonds is 4. The van der Waals surface area contributed by atoms with Crippen molar-refractivity contribution in [3.63, 3.8) is 0 Å². The zero-order chi connectivity index (χ0) is 12.5. The number of aryl methyl sites for hydroxylation is 1. The van der Waals surface area contributed by atoms with Gasteiger partial charge in [-0.25, -0.2) is 0 Å². The van der Waals surface area contributed by atoms with Crippen molar-refractivity contribution in [2.45, 2.75) is 32.4 Å². The lowest BCUT2D eigenvalue weighted by Gasteiger charge is -2.07. The van der Waals surface area contributed by atoms with E-state index in [9.17, 15) is 0 Å². The largest absolute Gasteiger partial charge is 0.307 e. The van der Waals surface area contributed by atoms with Gasteiger partial charge in [0.25, 0.3) is 0 Å². The molecular formula is C12H14BrN5. The first-order valence-electron chi connectivity index (χ1n) is 6.00. The van der Waals surface area contributed by atoms with E-state index in [1.807, 2.05) is 6.07 Å². The van der Waals surface area contributed by atoms with Crippen molar-refractivity contribution in [1.29, 1.82) is 0 Å². The van der Waals surface area contributed by atoms with Crippen LogP contribution < -0.4 is 5.32 Å². The minimum Gasteiger partial charge on any atom is -0.307 e. The molecule has 0 bridgehead atoms. The van der Waals surface area contributed by atoms with E-state index in [4.69, 9.17) is 0 Å². The van der Waals surface area contributed by atoms with Crippen LogP contribution in [0.3, 0.4) is 0 Å². The number of hydrogen-bond donors (Lipinski definition) is 1. The van der Waals surface area contributed by atoms with Gasteiger partial charge in [-0.3, -0.25) is 0 Å². The summed E-state index contributed by atoms with van der Waals surface area (Å²) in [5.74, 6) is 0.847. The summed E-state index contributed by atoms with van der Waals surface area (Å²) in [4.78, 5) is 0. The molecule has 18 heavy (non-hydrogen) atoms. The van der Waals surface area contributed by atoms with Crippen molar-refractivity contribution in [2.24, 2.45) is 0 Å². The smallest absolute Gasteiger partial charge is 0.170 e. The Morgan fingerprint density at radius 3 is 2.94 bits per heavy atom. The predicted molar refractivity (Wildman–Crippen MR) is 71.5 cm³/mol. The summed E-state index contributed by atoms with van der Waals surface area (Å²) in [5, 5.41) is 15.3. The third kappa shape index (κ3) is 2.59. The average Bonchev–Trinajstić information content (AvgIpc) is 3.02. The normalized spacial score (nSPS) is 15.0. The van der Waals surface area contributed by atoms with Crippen molar-refractivity contribution in [3.8, 4) is 5.69 Å². The molecule has 5 nitrogen and oxygen atoms in total. The Hall–Kier alpha value is -1.27. The maximum Gasteiger partial charge on any atom is 0.170 e. The van der Waals surface area contributed by atoms with E-state index in [2.05, 4.69) is 55.8 Å². The van der Waals surface area contributed by atoms with Crippen LogP contribution in [0.1, 0.15) is 24.2 Å². The summed E-state index contributed by atoms with van der Waals surface area (Å²) < 4.78 is 2.82. The number of nitrogens with one attached hydrogen (secondary N) is 1. The molecule has 2 aromatic rings. The number of tetrazole rings is 1. The van der Waals surface area contributed by atoms with Crippen molar-refractivity contribution in [2.75, 3.05) is 0 Å². The number of halogens is 1. The van der Waals surface area contributed by atoms with Gasteiger partial charge in [-0.1, -0.05) is 15.9 Å². The topological polar surface area (TPSA) is 55.6 Å². The van der Waals surface area contributed by atoms with Crippen molar-refractivity contribution < 1.29 is 0 Å². The van der Waals surface area contributed by atoms with Gasteiger partial charge in [0.2, 0.25) is 0 Å². The van der Waals surface area contributed by atoms with Crippen LogP contribution in [-0.4, -0.2) is 26.2 Å². The van der Waals surface area contributed by atoms with Gasteiger partial charge in [0.05, 0.1) is 12.2 Å². The lowest BCUT2D eigenvalue weighted by Crippen LogP contribution is -2.18. The molecule has 1 aromatic heterocycles. The molecule has 1 aromatic carbocycles. The quantitative estimate of drug-likeness (QED) is 0.938. The second kappa shape index (κ2) is 4.78. The van der Waals surface area contributed by atoms with E-state index < -0.39 is 0 Å². The highest BCUT2D eigenvalue weighted by Crippen LogP contribution is 2.20. The first-order valence-corrected chi connectivity index (χ1v) is 6.80. The fraction of sp³-hybridized carbons (Fsp3) is 0.417. The number of hydrogen-bond acceptors (Lipinski definition) is 4. The van der Waals surface area contributed by atoms with E-state index in [1.54, 1.807) is 4.68 Å². The van der Waals surface area contributed by atoms with E-state index in [0.29, 0.717) is 12.6 Å². The highest BCUT2D eigenvalue weighted by atomic mass is 79.9. The Balaban J connectivity index is 1.87. The molecule has 1 saturated carbocycles. The molecule has 94 valence electrons. The van der Waals surface area contributed by atoms with Crippen LogP contribution in [0.4, 0.5) is 0 Å². The van der Waals surface area contributed by atoms with E-state index in [1.165, 1.54) is 18.4 Å². The maximum absolute atomic E-state index is 4.08. The zero-order valence-electron chi connectivity index (χ0n) is 10.1. The van der Waals surface area contributed by atoms with Crippen LogP contribution >= 0.6 is 15.9 Å². The second-order valence-electron chi connectivity index (χ2n) is 4.65. The molecule has 6 heteroatoms. The van der Waals surface area contributed by atoms with Crippen LogP contribution in [0.2, 0.25) is 0 Å². The van der Waals surface area contributed by atoms with Crippen LogP contribution in [0.15, 0.2) is 22.7 Å². The number of benzene rings is 1. The zero-order valence-corrected chi connectivity index (χ0v) is 11.7. The Labute approximate surface area is 114 Å². The third-order valence-electron chi connectivity index (χ3n) is 2.93. The molecule has 0 radical (unpaired) electrons. The second-order valence-corrected chi connectivity index (χ2v) is 5.56. The fourth-order valence-electron chi connectivity index (χ4n) is 1.88. The number of nitrogens with zero attached hydrogens (tertiary/aromatic N) is 4. The summed E-state index contributed by atoms with van der Waals surface area (Å²) in [6.45, 7) is 2.77. The van der Waals surface area contributed by atoms with E-state index in [-0.39, 0.29) is 0 Å². The SMILES string of the molecule is Cc1cc(Br)cc(-n2nnnc2CNC2CC2)c1. The predicted octanol–water partition coefficient (Wildman–Crippen LogP) is 1.99. The van der Waals surface area contributed by atoms with E-state index in [0.717, 1.165) is 16.0 Å². The molecular weight excluding hydrogens is 294 g/mol. The maximum atomic E-state index is 4.08. The summed E-state index contributed by atoms with van der Waals surface area (Å²) in [7, 11) is 0. The van der Waals surface area contributed by atoms with Crippen LogP contribution in [0.25, 0.3) is 5.69 Å². The number of aromatic nitrogens is 4. The molecule has 0 saturated heterocycles. The van der Waals surface area contributed by atoms with Crippen molar-refractivity contribution in [3.05, 3.63) is 34.1 Å². The first-order chi connectivity index (χ1) is 8.72. The Morgan fingerprint density at radius 2 is 2.22 bits per heavy atom. The van der Waals surface area contributed by atoms with Crippen molar-refractivity contribution in [1.82, 2.24) is 25.5 Å². The van der Waals surface area contributed by atoms with Crippen LogP contribution in [0, 0.1) is 6.92 Å². The first kappa shape index (κ1) is 11.8. The highest BCUT2D eigenvalue weighted by Gasteiger charge is 2.21. The minimum atomic E-state index is 0.652. The molecule has 1 aliphatic carbocycles. The van der Waals surface area contributed by atoms with E-state index >= 15 is 0 Å². The molecule has 0 atom stereocenters. The van der Waals surface area contributed by atoms with Gasteiger partial charge in [0.15, 0.2) is 5.82 Å². The molecule has 3 rings (SSSR count). The van der Waals surface area contributed by atoms with Gasteiger partial charge in [-0.2, -0.15) is 4.68 Å². The Bertz CT molecular complexity index is 541. The Morgan fingerprint density at radius 1 is 1.39 bits per heavy atom. The molecule has 0 unspecified atom stereocenters. The van der Waals surface area contributed by atoms with Gasteiger partial charge in [0.1, 0.15) is 0 Å². The van der Waals surface area contributed by atoms with Gasteiger partial charge in [-0.05, 0) is 54.0 Å². The fourth-order valence-corrected chi connectivity index (χ4v) is 2.47. The summed E-state index contributed by atoms with van der Waals surface area (Å²) in [6.07, 6.45) is 2.52. The summed E-state index contributed by atoms with van der Waals surface area (Å²) in [6, 6.07) is 6.81. The van der Waals surface area contributed by atoms with Gasteiger partial charge in [0, 0.05) is 10.5 Å². The van der Waals surface area contributed by atoms with Gasteiger partial charge < -0.3 is 5.32 Å². The van der Waals surface area contributed by atoms with Crippen LogP contribution in [0.5, 0.6) is 0 Å². The monoisotopic (exact) mass is 307 g/mol. The molecule has 1 aliphatic rings. The lowest BCUT2D eigenvalue weighted by atomic mass is 10.2. The standard InChI is InChI=1S/C12H14BrN5/c1-8-4-9(13)6-11(5-8)18-12(15-16-17-18)7-14-10-2-3-10/h4-6,10,14H,2-3,7H2,1H3. The highest BCUT2D eigenvalue weighted by molar-refractivity contribution is 9.10.